The lowest BCUT2D eigenvalue weighted by atomic mass is 9.68. The van der Waals surface area contributed by atoms with Crippen molar-refractivity contribution in [3.8, 4) is 11.5 Å². The molecule has 3 aliphatic heterocycles. The highest BCUT2D eigenvalue weighted by Crippen LogP contribution is 2.45. The molecule has 12 heteroatoms. The third-order valence-electron chi connectivity index (χ3n) is 8.16. The summed E-state index contributed by atoms with van der Waals surface area (Å²) in [4.78, 5) is 25.2. The minimum Gasteiger partial charge on any atom is -0.490 e. The highest BCUT2D eigenvalue weighted by Gasteiger charge is 2.49. The second-order valence-electron chi connectivity index (χ2n) is 10.8. The molecule has 42 heavy (non-hydrogen) atoms. The Hall–Kier alpha value is -3.18. The van der Waals surface area contributed by atoms with Gasteiger partial charge in [0.05, 0.1) is 41.1 Å². The number of morpholine rings is 1. The average Bonchev–Trinajstić information content (AvgIpc) is 3.02. The van der Waals surface area contributed by atoms with Crippen LogP contribution in [0.4, 0.5) is 15.9 Å². The van der Waals surface area contributed by atoms with Crippen LogP contribution in [0.2, 0.25) is 10.0 Å². The number of aromatic nitrogens is 2. The molecule has 4 aliphatic rings. The van der Waals surface area contributed by atoms with E-state index in [0.29, 0.717) is 47.9 Å². The quantitative estimate of drug-likeness (QED) is 0.186. The van der Waals surface area contributed by atoms with E-state index in [2.05, 4.69) is 26.8 Å². The zero-order valence-electron chi connectivity index (χ0n) is 23.0. The number of halogens is 3. The summed E-state index contributed by atoms with van der Waals surface area (Å²) in [6, 6.07) is 6.70. The zero-order chi connectivity index (χ0) is 29.2. The van der Waals surface area contributed by atoms with E-state index >= 15 is 0 Å². The van der Waals surface area contributed by atoms with Gasteiger partial charge in [0.2, 0.25) is 5.91 Å². The summed E-state index contributed by atoms with van der Waals surface area (Å²) in [7, 11) is 0. The van der Waals surface area contributed by atoms with Crippen LogP contribution in [0.5, 0.6) is 11.5 Å². The SMILES string of the molecule is C=CC(=O)N1C[C@H]2C[C@@H](C1)[C@H]2Oc1cc2c(Nc3ccc(Cl)c(Cl)c3F)ncnc2cc1OCCCN1CCOCC1. The Bertz CT molecular complexity index is 1480. The second kappa shape index (κ2) is 12.6. The highest BCUT2D eigenvalue weighted by molar-refractivity contribution is 6.42. The van der Waals surface area contributed by atoms with Crippen LogP contribution in [0.1, 0.15) is 12.8 Å². The number of benzene rings is 2. The van der Waals surface area contributed by atoms with E-state index in [-0.39, 0.29) is 39.6 Å². The van der Waals surface area contributed by atoms with Gasteiger partial charge in [0.15, 0.2) is 17.3 Å². The van der Waals surface area contributed by atoms with Crippen molar-refractivity contribution in [2.24, 2.45) is 11.8 Å². The number of carbonyl (C=O) groups is 1. The Morgan fingerprint density at radius 1 is 1.17 bits per heavy atom. The van der Waals surface area contributed by atoms with Gasteiger partial charge in [0.1, 0.15) is 18.2 Å². The number of carbonyl (C=O) groups excluding carboxylic acids is 1. The number of hydrogen-bond acceptors (Lipinski definition) is 8. The van der Waals surface area contributed by atoms with Crippen LogP contribution < -0.4 is 14.8 Å². The first-order valence-corrected chi connectivity index (χ1v) is 14.9. The van der Waals surface area contributed by atoms with Crippen molar-refractivity contribution < 1.29 is 23.4 Å². The Morgan fingerprint density at radius 3 is 2.71 bits per heavy atom. The van der Waals surface area contributed by atoms with Crippen LogP contribution in [-0.2, 0) is 9.53 Å². The fourth-order valence-corrected chi connectivity index (χ4v) is 6.22. The van der Waals surface area contributed by atoms with E-state index in [0.717, 1.165) is 45.7 Å². The van der Waals surface area contributed by atoms with Gasteiger partial charge in [-0.2, -0.15) is 0 Å². The van der Waals surface area contributed by atoms with E-state index in [1.807, 2.05) is 17.0 Å². The first kappa shape index (κ1) is 28.9. The normalized spacial score (nSPS) is 22.0. The van der Waals surface area contributed by atoms with Crippen molar-refractivity contribution in [3.05, 3.63) is 59.1 Å². The van der Waals surface area contributed by atoms with Gasteiger partial charge in [-0.15, -0.1) is 0 Å². The van der Waals surface area contributed by atoms with Crippen molar-refractivity contribution >= 4 is 51.5 Å². The zero-order valence-corrected chi connectivity index (χ0v) is 24.5. The molecule has 3 saturated heterocycles. The molecular formula is C30H32Cl2FN5O4. The van der Waals surface area contributed by atoms with Gasteiger partial charge < -0.3 is 24.4 Å². The summed E-state index contributed by atoms with van der Waals surface area (Å²) in [5, 5.41) is 3.61. The van der Waals surface area contributed by atoms with Gasteiger partial charge in [0, 0.05) is 56.0 Å². The molecule has 1 N–H and O–H groups in total. The molecule has 0 spiro atoms. The van der Waals surface area contributed by atoms with Crippen LogP contribution in [0.3, 0.4) is 0 Å². The van der Waals surface area contributed by atoms with Crippen LogP contribution in [0.25, 0.3) is 10.9 Å². The highest BCUT2D eigenvalue weighted by atomic mass is 35.5. The summed E-state index contributed by atoms with van der Waals surface area (Å²) in [5.41, 5.74) is 0.746. The molecule has 9 nitrogen and oxygen atoms in total. The first-order valence-electron chi connectivity index (χ1n) is 14.1. The number of piperidine rings is 2. The number of nitrogens with zero attached hydrogens (tertiary/aromatic N) is 4. The third kappa shape index (κ3) is 5.99. The second-order valence-corrected chi connectivity index (χ2v) is 11.6. The molecule has 222 valence electrons. The number of anilines is 2. The first-order chi connectivity index (χ1) is 20.4. The van der Waals surface area contributed by atoms with Crippen LogP contribution >= 0.6 is 23.2 Å². The van der Waals surface area contributed by atoms with E-state index in [1.165, 1.54) is 24.5 Å². The van der Waals surface area contributed by atoms with Gasteiger partial charge in [-0.3, -0.25) is 9.69 Å². The Kier molecular flexibility index (Phi) is 8.67. The number of fused-ring (bicyclic) bond motifs is 3. The monoisotopic (exact) mass is 615 g/mol. The predicted octanol–water partition coefficient (Wildman–Crippen LogP) is 5.33. The summed E-state index contributed by atoms with van der Waals surface area (Å²) >= 11 is 12.0. The molecule has 4 heterocycles. The van der Waals surface area contributed by atoms with Crippen molar-refractivity contribution in [2.45, 2.75) is 18.9 Å². The molecule has 2 bridgehead atoms. The molecule has 3 aromatic rings. The lowest BCUT2D eigenvalue weighted by molar-refractivity contribution is -0.142. The Balaban J connectivity index is 1.26. The maximum Gasteiger partial charge on any atom is 0.245 e. The van der Waals surface area contributed by atoms with Crippen molar-refractivity contribution in [3.63, 3.8) is 0 Å². The topological polar surface area (TPSA) is 89.0 Å². The lowest BCUT2D eigenvalue weighted by Gasteiger charge is -2.52. The van der Waals surface area contributed by atoms with Gasteiger partial charge >= 0.3 is 0 Å². The van der Waals surface area contributed by atoms with Crippen LogP contribution in [0, 0.1) is 17.7 Å². The van der Waals surface area contributed by atoms with Crippen molar-refractivity contribution in [1.82, 2.24) is 19.8 Å². The van der Waals surface area contributed by atoms with Gasteiger partial charge in [-0.05, 0) is 37.1 Å². The van der Waals surface area contributed by atoms with E-state index in [1.54, 1.807) is 0 Å². The third-order valence-corrected chi connectivity index (χ3v) is 8.94. The molecule has 3 atom stereocenters. The maximum absolute atomic E-state index is 14.9. The smallest absolute Gasteiger partial charge is 0.245 e. The van der Waals surface area contributed by atoms with Gasteiger partial charge in [0.25, 0.3) is 0 Å². The average molecular weight is 617 g/mol. The molecule has 1 aromatic heterocycles. The van der Waals surface area contributed by atoms with E-state index < -0.39 is 5.82 Å². The number of nitrogens with one attached hydrogen (secondary N) is 1. The van der Waals surface area contributed by atoms with Crippen molar-refractivity contribution in [2.75, 3.05) is 57.9 Å². The fraction of sp³-hybridized carbons (Fsp3) is 0.433. The summed E-state index contributed by atoms with van der Waals surface area (Å²) in [6.07, 6.45) is 4.56. The largest absolute Gasteiger partial charge is 0.490 e. The van der Waals surface area contributed by atoms with Gasteiger partial charge in [-0.25, -0.2) is 14.4 Å². The lowest BCUT2D eigenvalue weighted by Crippen LogP contribution is -2.61. The maximum atomic E-state index is 14.9. The number of amides is 1. The molecular weight excluding hydrogens is 584 g/mol. The van der Waals surface area contributed by atoms with Crippen LogP contribution in [0.15, 0.2) is 43.2 Å². The fourth-order valence-electron chi connectivity index (χ4n) is 5.91. The van der Waals surface area contributed by atoms with Gasteiger partial charge in [-0.1, -0.05) is 29.8 Å². The molecule has 1 amide bonds. The Morgan fingerprint density at radius 2 is 1.95 bits per heavy atom. The molecule has 1 saturated carbocycles. The standard InChI is InChI=1S/C30H32Cl2FN5O4/c1-2-26(39)38-15-18-12-19(16-38)29(18)42-25-13-20-23(14-24(25)41-9-3-6-37-7-10-40-11-8-37)34-17-35-30(20)36-22-5-4-21(31)27(32)28(22)33/h2,4-5,13-14,17-19,29H,1,3,6-12,15-16H2,(H,34,35,36)/t18-,19+,29+. The summed E-state index contributed by atoms with van der Waals surface area (Å²) < 4.78 is 33.2. The Labute approximate surface area is 253 Å². The minimum atomic E-state index is -0.673. The molecule has 2 aromatic carbocycles. The number of ether oxygens (including phenoxy) is 3. The number of hydrogen-bond donors (Lipinski definition) is 1. The minimum absolute atomic E-state index is 0.0550. The van der Waals surface area contributed by atoms with Crippen molar-refractivity contribution in [1.29, 1.82) is 0 Å². The molecule has 7 rings (SSSR count). The molecule has 4 fully saturated rings. The number of rotatable bonds is 10. The van der Waals surface area contributed by atoms with Crippen LogP contribution in [-0.4, -0.2) is 84.3 Å². The summed E-state index contributed by atoms with van der Waals surface area (Å²) in [5.74, 6) is 1.23. The molecule has 0 unspecified atom stereocenters. The van der Waals surface area contributed by atoms with E-state index in [9.17, 15) is 9.18 Å². The van der Waals surface area contributed by atoms with E-state index in [4.69, 9.17) is 37.4 Å². The predicted molar refractivity (Wildman–Crippen MR) is 159 cm³/mol. The summed E-state index contributed by atoms with van der Waals surface area (Å²) in [6.45, 7) is 9.65. The molecule has 0 radical (unpaired) electrons. The molecule has 1 aliphatic carbocycles.